The molecule has 4 aromatic carbocycles. The molecule has 47 heavy (non-hydrogen) atoms. The Hall–Kier alpha value is -5.25. The fourth-order valence-electron chi connectivity index (χ4n) is 6.02. The van der Waals surface area contributed by atoms with Crippen molar-refractivity contribution in [2.75, 3.05) is 18.6 Å². The number of anilines is 1. The second-order valence-corrected chi connectivity index (χ2v) is 12.3. The number of halogens is 1. The van der Waals surface area contributed by atoms with Crippen LogP contribution in [0.15, 0.2) is 118 Å². The van der Waals surface area contributed by atoms with Gasteiger partial charge in [-0.2, -0.15) is 0 Å². The van der Waals surface area contributed by atoms with E-state index in [1.165, 1.54) is 4.57 Å². The van der Waals surface area contributed by atoms with E-state index in [1.54, 1.807) is 43.2 Å². The van der Waals surface area contributed by atoms with Gasteiger partial charge in [0.15, 0.2) is 4.80 Å². The molecule has 10 heteroatoms. The first kappa shape index (κ1) is 30.4. The van der Waals surface area contributed by atoms with E-state index in [2.05, 4.69) is 0 Å². The molecule has 2 aliphatic heterocycles. The largest absolute Gasteiger partial charge is 0.497 e. The summed E-state index contributed by atoms with van der Waals surface area (Å²) in [5.41, 5.74) is 4.14. The Morgan fingerprint density at radius 1 is 0.915 bits per heavy atom. The molecule has 2 aliphatic rings. The summed E-state index contributed by atoms with van der Waals surface area (Å²) < 4.78 is 12.7. The molecule has 1 amide bonds. The van der Waals surface area contributed by atoms with Gasteiger partial charge in [0.05, 0.1) is 48.8 Å². The maximum Gasteiger partial charge on any atom is 0.338 e. The van der Waals surface area contributed by atoms with Crippen molar-refractivity contribution in [3.05, 3.63) is 156 Å². The predicted octanol–water partition coefficient (Wildman–Crippen LogP) is 5.51. The average molecular weight is 662 g/mol. The standard InChI is InChI=1S/C37H28ClN3O5S/c1-3-46-36(44)30-31(23-9-5-4-6-10-23)39-37-41(32(30)24-15-19-26(45-2)20-16-24)35(43)33(47-37)29-27-11-7-8-12-28(27)40(34(29)42)21-22-13-17-25(38)18-14-22/h4-20,32H,3,21H2,1-2H3/b33-29+/t32-/m0/s1. The molecule has 5 aromatic rings. The number of ether oxygens (including phenoxy) is 2. The SMILES string of the molecule is CCOC(=O)C1=C(c2ccccc2)N=c2s/c(=C3/C(=O)N(Cc4ccc(Cl)cc4)c4ccccc43)c(=O)n2[C@H]1c1ccc(OC)cc1. The zero-order chi connectivity index (χ0) is 32.7. The van der Waals surface area contributed by atoms with Crippen LogP contribution in [-0.4, -0.2) is 30.2 Å². The van der Waals surface area contributed by atoms with E-state index < -0.39 is 17.6 Å². The minimum absolute atomic E-state index is 0.142. The normalized spacial score (nSPS) is 16.4. The van der Waals surface area contributed by atoms with E-state index in [4.69, 9.17) is 26.1 Å². The number of aromatic nitrogens is 1. The number of fused-ring (bicyclic) bond motifs is 2. The Kier molecular flexibility index (Phi) is 8.09. The molecule has 0 radical (unpaired) electrons. The van der Waals surface area contributed by atoms with Crippen molar-refractivity contribution in [1.29, 1.82) is 0 Å². The van der Waals surface area contributed by atoms with E-state index in [0.717, 1.165) is 16.9 Å². The highest BCUT2D eigenvalue weighted by atomic mass is 35.5. The van der Waals surface area contributed by atoms with Crippen LogP contribution in [0.1, 0.15) is 35.2 Å². The molecule has 0 fully saturated rings. The number of amides is 1. The average Bonchev–Trinajstić information content (AvgIpc) is 3.57. The lowest BCUT2D eigenvalue weighted by atomic mass is 9.93. The van der Waals surface area contributed by atoms with Crippen molar-refractivity contribution >= 4 is 51.8 Å². The van der Waals surface area contributed by atoms with Gasteiger partial charge in [0, 0.05) is 16.1 Å². The van der Waals surface area contributed by atoms with Crippen LogP contribution in [0, 0.1) is 0 Å². The highest BCUT2D eigenvalue weighted by molar-refractivity contribution is 7.07. The van der Waals surface area contributed by atoms with Gasteiger partial charge in [-0.05, 0) is 48.4 Å². The first-order valence-corrected chi connectivity index (χ1v) is 16.2. The molecule has 1 atom stereocenters. The highest BCUT2D eigenvalue weighted by Crippen LogP contribution is 2.38. The zero-order valence-corrected chi connectivity index (χ0v) is 27.0. The van der Waals surface area contributed by atoms with Crippen LogP contribution in [-0.2, 0) is 20.9 Å². The van der Waals surface area contributed by atoms with E-state index in [9.17, 15) is 14.4 Å². The maximum absolute atomic E-state index is 14.6. The minimum atomic E-state index is -0.877. The van der Waals surface area contributed by atoms with Crippen molar-refractivity contribution in [3.63, 3.8) is 0 Å². The van der Waals surface area contributed by atoms with Crippen molar-refractivity contribution in [2.24, 2.45) is 4.99 Å². The lowest BCUT2D eigenvalue weighted by molar-refractivity contribution is -0.138. The van der Waals surface area contributed by atoms with Crippen LogP contribution in [0.3, 0.4) is 0 Å². The van der Waals surface area contributed by atoms with Crippen molar-refractivity contribution in [1.82, 2.24) is 4.57 Å². The molecule has 1 aromatic heterocycles. The van der Waals surface area contributed by atoms with Gasteiger partial charge in [0.25, 0.3) is 11.5 Å². The van der Waals surface area contributed by atoms with Gasteiger partial charge in [-0.1, -0.05) is 95.7 Å². The van der Waals surface area contributed by atoms with Crippen LogP contribution in [0.4, 0.5) is 5.69 Å². The number of para-hydroxylation sites is 1. The predicted molar refractivity (Wildman–Crippen MR) is 182 cm³/mol. The first-order chi connectivity index (χ1) is 22.9. The van der Waals surface area contributed by atoms with Crippen LogP contribution < -0.4 is 24.5 Å². The third-order valence-electron chi connectivity index (χ3n) is 8.18. The van der Waals surface area contributed by atoms with E-state index in [1.807, 2.05) is 78.9 Å². The first-order valence-electron chi connectivity index (χ1n) is 15.0. The molecule has 8 nitrogen and oxygen atoms in total. The molecular formula is C37H28ClN3O5S. The fourth-order valence-corrected chi connectivity index (χ4v) is 7.24. The molecule has 0 spiro atoms. The second kappa shape index (κ2) is 12.5. The topological polar surface area (TPSA) is 90.2 Å². The Labute approximate surface area is 279 Å². The van der Waals surface area contributed by atoms with Crippen LogP contribution in [0.2, 0.25) is 5.02 Å². The summed E-state index contributed by atoms with van der Waals surface area (Å²) >= 11 is 7.25. The second-order valence-electron chi connectivity index (χ2n) is 10.9. The van der Waals surface area contributed by atoms with Gasteiger partial charge in [-0.15, -0.1) is 0 Å². The Bertz CT molecular complexity index is 2240. The van der Waals surface area contributed by atoms with Crippen molar-refractivity contribution in [2.45, 2.75) is 19.5 Å². The number of carbonyl (C=O) groups excluding carboxylic acids is 2. The molecule has 0 unspecified atom stereocenters. The fraction of sp³-hybridized carbons (Fsp3) is 0.135. The van der Waals surface area contributed by atoms with Gasteiger partial charge in [-0.25, -0.2) is 9.79 Å². The summed E-state index contributed by atoms with van der Waals surface area (Å²) in [7, 11) is 1.57. The number of esters is 1. The number of thiazole rings is 1. The van der Waals surface area contributed by atoms with Crippen LogP contribution in [0.5, 0.6) is 5.75 Å². The van der Waals surface area contributed by atoms with Gasteiger partial charge in [-0.3, -0.25) is 14.2 Å². The smallest absolute Gasteiger partial charge is 0.338 e. The van der Waals surface area contributed by atoms with Crippen LogP contribution >= 0.6 is 22.9 Å². The molecule has 0 N–H and O–H groups in total. The monoisotopic (exact) mass is 661 g/mol. The van der Waals surface area contributed by atoms with Gasteiger partial charge < -0.3 is 14.4 Å². The lowest BCUT2D eigenvalue weighted by Gasteiger charge is -2.26. The molecule has 3 heterocycles. The number of methoxy groups -OCH3 is 1. The Morgan fingerprint density at radius 2 is 1.62 bits per heavy atom. The molecule has 0 bridgehead atoms. The highest BCUT2D eigenvalue weighted by Gasteiger charge is 2.38. The molecule has 7 rings (SSSR count). The summed E-state index contributed by atoms with van der Waals surface area (Å²) in [6.45, 7) is 2.18. The number of benzene rings is 4. The summed E-state index contributed by atoms with van der Waals surface area (Å²) in [5.74, 6) is -0.243. The minimum Gasteiger partial charge on any atom is -0.497 e. The van der Waals surface area contributed by atoms with Gasteiger partial charge in [0.1, 0.15) is 10.3 Å². The van der Waals surface area contributed by atoms with Gasteiger partial charge in [0.2, 0.25) is 0 Å². The number of hydrogen-bond acceptors (Lipinski definition) is 7. The maximum atomic E-state index is 14.6. The number of carbonyl (C=O) groups is 2. The van der Waals surface area contributed by atoms with Crippen LogP contribution in [0.25, 0.3) is 11.3 Å². The molecule has 0 saturated heterocycles. The third-order valence-corrected chi connectivity index (χ3v) is 9.49. The number of nitrogens with zero attached hydrogens (tertiary/aromatic N) is 3. The third kappa shape index (κ3) is 5.37. The van der Waals surface area contributed by atoms with Crippen molar-refractivity contribution < 1.29 is 19.1 Å². The summed E-state index contributed by atoms with van der Waals surface area (Å²) in [4.78, 5) is 49.6. The molecule has 0 saturated carbocycles. The van der Waals surface area contributed by atoms with E-state index in [-0.39, 0.29) is 22.6 Å². The molecular weight excluding hydrogens is 634 g/mol. The Balaban J connectivity index is 1.49. The number of rotatable bonds is 7. The molecule has 234 valence electrons. The quantitative estimate of drug-likeness (QED) is 0.215. The van der Waals surface area contributed by atoms with E-state index in [0.29, 0.717) is 55.8 Å². The summed E-state index contributed by atoms with van der Waals surface area (Å²) in [6, 6.07) is 30.4. The zero-order valence-electron chi connectivity index (χ0n) is 25.5. The van der Waals surface area contributed by atoms with Gasteiger partial charge >= 0.3 is 5.97 Å². The lowest BCUT2D eigenvalue weighted by Crippen LogP contribution is -2.41. The van der Waals surface area contributed by atoms with E-state index >= 15 is 0 Å². The summed E-state index contributed by atoms with van der Waals surface area (Å²) in [5, 5.41) is 0.604. The molecule has 0 aliphatic carbocycles. The Morgan fingerprint density at radius 3 is 2.32 bits per heavy atom. The number of hydrogen-bond donors (Lipinski definition) is 0. The van der Waals surface area contributed by atoms with Crippen molar-refractivity contribution in [3.8, 4) is 5.75 Å². The summed E-state index contributed by atoms with van der Waals surface area (Å²) in [6.07, 6.45) is 0.